The van der Waals surface area contributed by atoms with Crippen molar-refractivity contribution in [3.63, 3.8) is 0 Å². The molecule has 1 fully saturated rings. The van der Waals surface area contributed by atoms with Gasteiger partial charge in [0.1, 0.15) is 5.54 Å². The average Bonchev–Trinajstić information content (AvgIpc) is 2.93. The molecule has 0 radical (unpaired) electrons. The predicted molar refractivity (Wildman–Crippen MR) is 104 cm³/mol. The van der Waals surface area contributed by atoms with Crippen LogP contribution in [0.15, 0.2) is 4.52 Å². The molecule has 1 heterocycles. The van der Waals surface area contributed by atoms with Gasteiger partial charge < -0.3 is 20.9 Å². The number of halogens is 1. The lowest BCUT2D eigenvalue weighted by molar-refractivity contribution is -0.123. The molecule has 0 aromatic carbocycles. The van der Waals surface area contributed by atoms with Crippen LogP contribution in [0.3, 0.4) is 0 Å². The Bertz CT molecular complexity index is 624. The zero-order chi connectivity index (χ0) is 19.2. The highest BCUT2D eigenvalue weighted by Gasteiger charge is 2.38. The molecule has 2 rings (SSSR count). The minimum Gasteiger partial charge on any atom is -0.350 e. The number of rotatable bonds is 7. The Morgan fingerprint density at radius 3 is 2.41 bits per heavy atom. The molecule has 2 amide bonds. The van der Waals surface area contributed by atoms with Crippen LogP contribution in [0.25, 0.3) is 0 Å². The Kier molecular flexibility index (Phi) is 8.68. The van der Waals surface area contributed by atoms with Crippen LogP contribution in [-0.4, -0.2) is 34.0 Å². The fourth-order valence-electron chi connectivity index (χ4n) is 3.34. The van der Waals surface area contributed by atoms with Crippen molar-refractivity contribution in [2.24, 2.45) is 5.73 Å². The van der Waals surface area contributed by atoms with Crippen LogP contribution in [0.4, 0.5) is 0 Å². The first kappa shape index (κ1) is 23.4. The SMILES string of the molecule is CC(=O)NC1(c2noc(CCC(=O)NC(C)(C)CN)n2)CCCCCC1.Cl. The topological polar surface area (TPSA) is 123 Å². The first-order valence-electron chi connectivity index (χ1n) is 9.39. The fraction of sp³-hybridized carbons (Fsp3) is 0.778. The lowest BCUT2D eigenvalue weighted by atomic mass is 9.89. The van der Waals surface area contributed by atoms with Gasteiger partial charge in [-0.2, -0.15) is 4.98 Å². The second-order valence-electron chi connectivity index (χ2n) is 7.83. The molecule has 0 aliphatic heterocycles. The van der Waals surface area contributed by atoms with E-state index in [1.165, 1.54) is 6.92 Å². The number of hydrogen-bond donors (Lipinski definition) is 3. The van der Waals surface area contributed by atoms with Crippen molar-refractivity contribution in [1.82, 2.24) is 20.8 Å². The van der Waals surface area contributed by atoms with Crippen molar-refractivity contribution in [3.8, 4) is 0 Å². The molecule has 0 spiro atoms. The summed E-state index contributed by atoms with van der Waals surface area (Å²) in [7, 11) is 0. The van der Waals surface area contributed by atoms with Crippen LogP contribution in [0.5, 0.6) is 0 Å². The summed E-state index contributed by atoms with van der Waals surface area (Å²) in [4.78, 5) is 28.3. The van der Waals surface area contributed by atoms with Crippen molar-refractivity contribution in [3.05, 3.63) is 11.7 Å². The first-order chi connectivity index (χ1) is 12.3. The Hall–Kier alpha value is -1.67. The monoisotopic (exact) mass is 401 g/mol. The number of carbonyl (C=O) groups excluding carboxylic acids is 2. The van der Waals surface area contributed by atoms with E-state index in [4.69, 9.17) is 10.3 Å². The van der Waals surface area contributed by atoms with Crippen LogP contribution in [-0.2, 0) is 21.5 Å². The molecule has 4 N–H and O–H groups in total. The summed E-state index contributed by atoms with van der Waals surface area (Å²) >= 11 is 0. The van der Waals surface area contributed by atoms with Crippen LogP contribution < -0.4 is 16.4 Å². The number of nitrogens with one attached hydrogen (secondary N) is 2. The van der Waals surface area contributed by atoms with Crippen LogP contribution >= 0.6 is 12.4 Å². The van der Waals surface area contributed by atoms with Gasteiger partial charge in [0.15, 0.2) is 5.82 Å². The third kappa shape index (κ3) is 6.77. The van der Waals surface area contributed by atoms with Crippen molar-refractivity contribution in [1.29, 1.82) is 0 Å². The number of aryl methyl sites for hydroxylation is 1. The molecular formula is C18H32ClN5O3. The lowest BCUT2D eigenvalue weighted by Crippen LogP contribution is -2.48. The van der Waals surface area contributed by atoms with E-state index in [2.05, 4.69) is 20.8 Å². The van der Waals surface area contributed by atoms with Gasteiger partial charge >= 0.3 is 0 Å². The van der Waals surface area contributed by atoms with Gasteiger partial charge in [0.05, 0.1) is 0 Å². The number of nitrogens with two attached hydrogens (primary N) is 1. The number of carbonyl (C=O) groups is 2. The summed E-state index contributed by atoms with van der Waals surface area (Å²) in [5.41, 5.74) is 4.63. The van der Waals surface area contributed by atoms with E-state index in [0.29, 0.717) is 24.7 Å². The van der Waals surface area contributed by atoms with E-state index in [9.17, 15) is 9.59 Å². The number of hydrogen-bond acceptors (Lipinski definition) is 6. The van der Waals surface area contributed by atoms with E-state index in [1.807, 2.05) is 13.8 Å². The van der Waals surface area contributed by atoms with E-state index in [0.717, 1.165) is 38.5 Å². The molecule has 9 heteroatoms. The Balaban J connectivity index is 0.00000364. The Morgan fingerprint density at radius 2 is 1.85 bits per heavy atom. The molecule has 0 atom stereocenters. The molecule has 1 aliphatic carbocycles. The van der Waals surface area contributed by atoms with E-state index >= 15 is 0 Å². The molecule has 1 aromatic heterocycles. The quantitative estimate of drug-likeness (QED) is 0.600. The third-order valence-electron chi connectivity index (χ3n) is 4.82. The summed E-state index contributed by atoms with van der Waals surface area (Å²) in [6.45, 7) is 5.62. The number of amides is 2. The van der Waals surface area contributed by atoms with Crippen molar-refractivity contribution in [2.45, 2.75) is 83.2 Å². The fourth-order valence-corrected chi connectivity index (χ4v) is 3.34. The van der Waals surface area contributed by atoms with Crippen LogP contribution in [0.1, 0.15) is 77.4 Å². The maximum Gasteiger partial charge on any atom is 0.227 e. The van der Waals surface area contributed by atoms with Crippen molar-refractivity contribution >= 4 is 24.2 Å². The van der Waals surface area contributed by atoms with Gasteiger partial charge in [-0.3, -0.25) is 9.59 Å². The van der Waals surface area contributed by atoms with E-state index in [-0.39, 0.29) is 30.6 Å². The molecule has 0 unspecified atom stereocenters. The second-order valence-corrected chi connectivity index (χ2v) is 7.83. The van der Waals surface area contributed by atoms with Gasteiger partial charge in [0.25, 0.3) is 0 Å². The second kappa shape index (κ2) is 10.0. The Labute approximate surface area is 166 Å². The molecule has 154 valence electrons. The normalized spacial score (nSPS) is 16.7. The summed E-state index contributed by atoms with van der Waals surface area (Å²) in [6.07, 6.45) is 6.52. The molecule has 8 nitrogen and oxygen atoms in total. The van der Waals surface area contributed by atoms with Gasteiger partial charge in [-0.05, 0) is 26.7 Å². The highest BCUT2D eigenvalue weighted by molar-refractivity contribution is 5.85. The largest absolute Gasteiger partial charge is 0.350 e. The lowest BCUT2D eigenvalue weighted by Gasteiger charge is -2.30. The molecule has 1 aliphatic rings. The molecule has 27 heavy (non-hydrogen) atoms. The molecular weight excluding hydrogens is 370 g/mol. The maximum atomic E-state index is 12.0. The average molecular weight is 402 g/mol. The zero-order valence-electron chi connectivity index (χ0n) is 16.5. The van der Waals surface area contributed by atoms with Gasteiger partial charge in [-0.1, -0.05) is 30.8 Å². The van der Waals surface area contributed by atoms with E-state index in [1.54, 1.807) is 0 Å². The predicted octanol–water partition coefficient (Wildman–Crippen LogP) is 1.96. The number of aromatic nitrogens is 2. The number of nitrogens with zero attached hydrogens (tertiary/aromatic N) is 2. The first-order valence-corrected chi connectivity index (χ1v) is 9.39. The van der Waals surface area contributed by atoms with Crippen LogP contribution in [0, 0.1) is 0 Å². The standard InChI is InChI=1S/C18H31N5O3.ClH/c1-13(24)21-18(10-6-4-5-7-11-18)16-20-15(26-23-16)9-8-14(25)22-17(2,3)12-19;/h4-12,19H2,1-3H3,(H,21,24)(H,22,25);1H. The minimum atomic E-state index is -0.562. The van der Waals surface area contributed by atoms with Gasteiger partial charge in [0.2, 0.25) is 17.7 Å². The summed E-state index contributed by atoms with van der Waals surface area (Å²) in [5, 5.41) is 10.1. The van der Waals surface area contributed by atoms with Crippen molar-refractivity contribution < 1.29 is 14.1 Å². The van der Waals surface area contributed by atoms with Crippen molar-refractivity contribution in [2.75, 3.05) is 6.54 Å². The third-order valence-corrected chi connectivity index (χ3v) is 4.82. The minimum absolute atomic E-state index is 0. The molecule has 0 saturated heterocycles. The Morgan fingerprint density at radius 1 is 1.22 bits per heavy atom. The van der Waals surface area contributed by atoms with Crippen LogP contribution in [0.2, 0.25) is 0 Å². The summed E-state index contributed by atoms with van der Waals surface area (Å²) in [6, 6.07) is 0. The summed E-state index contributed by atoms with van der Waals surface area (Å²) in [5.74, 6) is 0.731. The molecule has 1 aromatic rings. The highest BCUT2D eigenvalue weighted by atomic mass is 35.5. The molecule has 0 bridgehead atoms. The highest BCUT2D eigenvalue weighted by Crippen LogP contribution is 2.34. The molecule has 1 saturated carbocycles. The maximum absolute atomic E-state index is 12.0. The summed E-state index contributed by atoms with van der Waals surface area (Å²) < 4.78 is 5.36. The smallest absolute Gasteiger partial charge is 0.227 e. The van der Waals surface area contributed by atoms with Gasteiger partial charge in [-0.15, -0.1) is 12.4 Å². The zero-order valence-corrected chi connectivity index (χ0v) is 17.3. The van der Waals surface area contributed by atoms with Gasteiger partial charge in [-0.25, -0.2) is 0 Å². The van der Waals surface area contributed by atoms with E-state index < -0.39 is 11.1 Å². The van der Waals surface area contributed by atoms with Gasteiger partial charge in [0, 0.05) is 31.8 Å².